The molecule has 1 aromatic rings. The molecule has 1 N–H and O–H groups in total. The predicted octanol–water partition coefficient (Wildman–Crippen LogP) is 2.39. The Kier molecular flexibility index (Phi) is 2.23. The van der Waals surface area contributed by atoms with Crippen LogP contribution in [0.3, 0.4) is 0 Å². The van der Waals surface area contributed by atoms with E-state index < -0.39 is 5.97 Å². The lowest BCUT2D eigenvalue weighted by atomic mass is 10.0. The number of hydrogen-bond acceptors (Lipinski definition) is 2. The van der Waals surface area contributed by atoms with Crippen molar-refractivity contribution in [1.29, 1.82) is 0 Å². The number of carboxylic acid groups (broad SMARTS) is 1. The van der Waals surface area contributed by atoms with Gasteiger partial charge in [0, 0.05) is 10.9 Å². The minimum Gasteiger partial charge on any atom is -0.492 e. The van der Waals surface area contributed by atoms with Crippen LogP contribution >= 0.6 is 15.9 Å². The molecule has 0 amide bonds. The second-order valence-corrected chi connectivity index (χ2v) is 4.07. The molecule has 0 saturated heterocycles. The van der Waals surface area contributed by atoms with Gasteiger partial charge in [-0.1, -0.05) is 6.07 Å². The maximum Gasteiger partial charge on any atom is 0.340 e. The van der Waals surface area contributed by atoms with Crippen LogP contribution in [-0.4, -0.2) is 17.7 Å². The van der Waals surface area contributed by atoms with E-state index in [9.17, 15) is 4.79 Å². The summed E-state index contributed by atoms with van der Waals surface area (Å²) in [5.41, 5.74) is 2.17. The first-order valence-electron chi connectivity index (χ1n) is 4.29. The van der Waals surface area contributed by atoms with Gasteiger partial charge in [0.25, 0.3) is 0 Å². The van der Waals surface area contributed by atoms with Gasteiger partial charge in [0.15, 0.2) is 0 Å². The van der Waals surface area contributed by atoms with Gasteiger partial charge in [-0.15, -0.1) is 0 Å². The largest absolute Gasteiger partial charge is 0.492 e. The summed E-state index contributed by atoms with van der Waals surface area (Å²) in [6.07, 6.45) is 0.795. The van der Waals surface area contributed by atoms with Gasteiger partial charge >= 0.3 is 5.97 Å². The molecule has 0 spiro atoms. The summed E-state index contributed by atoms with van der Waals surface area (Å²) in [5.74, 6) is -0.422. The van der Waals surface area contributed by atoms with E-state index >= 15 is 0 Å². The molecule has 1 aliphatic rings. The molecule has 4 heteroatoms. The Balaban J connectivity index is 2.72. The van der Waals surface area contributed by atoms with Gasteiger partial charge < -0.3 is 9.84 Å². The van der Waals surface area contributed by atoms with E-state index in [1.165, 1.54) is 0 Å². The summed E-state index contributed by atoms with van der Waals surface area (Å²) in [5, 5.41) is 9.04. The van der Waals surface area contributed by atoms with Gasteiger partial charge in [-0.3, -0.25) is 0 Å². The van der Waals surface area contributed by atoms with Crippen molar-refractivity contribution in [3.8, 4) is 5.75 Å². The molecule has 0 aromatic heterocycles. The Hall–Kier alpha value is -1.03. The van der Waals surface area contributed by atoms with E-state index in [-0.39, 0.29) is 5.56 Å². The standard InChI is InChI=1S/C10H9BrO3/c1-5-4-6-2-3-14-9(6)7(8(5)11)10(12)13/h4H,2-3H2,1H3,(H,12,13). The zero-order valence-corrected chi connectivity index (χ0v) is 9.22. The number of carbonyl (C=O) groups is 1. The highest BCUT2D eigenvalue weighted by Crippen LogP contribution is 2.36. The highest BCUT2D eigenvalue weighted by molar-refractivity contribution is 9.10. The lowest BCUT2D eigenvalue weighted by Gasteiger charge is -2.08. The first-order valence-corrected chi connectivity index (χ1v) is 5.08. The third-order valence-corrected chi connectivity index (χ3v) is 3.33. The van der Waals surface area contributed by atoms with E-state index in [0.29, 0.717) is 16.8 Å². The molecule has 0 unspecified atom stereocenters. The fourth-order valence-electron chi connectivity index (χ4n) is 1.65. The second-order valence-electron chi connectivity index (χ2n) is 3.27. The summed E-state index contributed by atoms with van der Waals surface area (Å²) in [6.45, 7) is 2.46. The van der Waals surface area contributed by atoms with Gasteiger partial charge in [0.1, 0.15) is 11.3 Å². The van der Waals surface area contributed by atoms with Crippen LogP contribution in [0.15, 0.2) is 10.5 Å². The molecule has 0 bridgehead atoms. The predicted molar refractivity (Wildman–Crippen MR) is 55.0 cm³/mol. The minimum absolute atomic E-state index is 0.248. The molecular formula is C10H9BrO3. The first-order chi connectivity index (χ1) is 6.61. The van der Waals surface area contributed by atoms with Gasteiger partial charge in [-0.05, 0) is 34.0 Å². The van der Waals surface area contributed by atoms with Crippen LogP contribution in [0, 0.1) is 6.92 Å². The van der Waals surface area contributed by atoms with Crippen molar-refractivity contribution in [1.82, 2.24) is 0 Å². The number of benzene rings is 1. The van der Waals surface area contributed by atoms with Crippen LogP contribution in [0.1, 0.15) is 21.5 Å². The van der Waals surface area contributed by atoms with Gasteiger partial charge in [-0.2, -0.15) is 0 Å². The molecule has 0 saturated carbocycles. The normalized spacial score (nSPS) is 13.6. The molecule has 0 fully saturated rings. The average molecular weight is 257 g/mol. The Morgan fingerprint density at radius 2 is 2.36 bits per heavy atom. The van der Waals surface area contributed by atoms with Crippen molar-refractivity contribution >= 4 is 21.9 Å². The number of ether oxygens (including phenoxy) is 1. The molecule has 14 heavy (non-hydrogen) atoms. The lowest BCUT2D eigenvalue weighted by Crippen LogP contribution is -2.02. The zero-order chi connectivity index (χ0) is 10.3. The summed E-state index contributed by atoms with van der Waals surface area (Å²) in [4.78, 5) is 11.0. The fourth-order valence-corrected chi connectivity index (χ4v) is 2.12. The number of aryl methyl sites for hydroxylation is 1. The summed E-state index contributed by atoms with van der Waals surface area (Å²) < 4.78 is 5.93. The van der Waals surface area contributed by atoms with E-state index in [1.807, 2.05) is 13.0 Å². The van der Waals surface area contributed by atoms with Crippen molar-refractivity contribution in [3.63, 3.8) is 0 Å². The van der Waals surface area contributed by atoms with E-state index in [1.54, 1.807) is 0 Å². The molecule has 1 heterocycles. The van der Waals surface area contributed by atoms with Crippen molar-refractivity contribution in [2.45, 2.75) is 13.3 Å². The maximum absolute atomic E-state index is 11.0. The molecule has 2 rings (SSSR count). The van der Waals surface area contributed by atoms with Crippen molar-refractivity contribution in [2.75, 3.05) is 6.61 Å². The second kappa shape index (κ2) is 3.28. The summed E-state index contributed by atoms with van der Waals surface area (Å²) in [7, 11) is 0. The third-order valence-electron chi connectivity index (χ3n) is 2.31. The van der Waals surface area contributed by atoms with Crippen molar-refractivity contribution in [2.24, 2.45) is 0 Å². The van der Waals surface area contributed by atoms with Gasteiger partial charge in [0.05, 0.1) is 6.61 Å². The number of hydrogen-bond donors (Lipinski definition) is 1. The molecule has 0 aliphatic carbocycles. The highest BCUT2D eigenvalue weighted by Gasteiger charge is 2.24. The third kappa shape index (κ3) is 1.30. The number of aromatic carboxylic acids is 1. The quantitative estimate of drug-likeness (QED) is 0.840. The first kappa shape index (κ1) is 9.52. The lowest BCUT2D eigenvalue weighted by molar-refractivity contribution is 0.0692. The Morgan fingerprint density at radius 3 is 3.00 bits per heavy atom. The number of halogens is 1. The van der Waals surface area contributed by atoms with Crippen LogP contribution in [0.25, 0.3) is 0 Å². The fraction of sp³-hybridized carbons (Fsp3) is 0.300. The number of rotatable bonds is 1. The van der Waals surface area contributed by atoms with Gasteiger partial charge in [0.2, 0.25) is 0 Å². The highest BCUT2D eigenvalue weighted by atomic mass is 79.9. The molecule has 0 atom stereocenters. The average Bonchev–Trinajstić information content (AvgIpc) is 2.52. The van der Waals surface area contributed by atoms with Crippen LogP contribution in [0.5, 0.6) is 5.75 Å². The maximum atomic E-state index is 11.0. The smallest absolute Gasteiger partial charge is 0.340 e. The minimum atomic E-state index is -0.946. The molecular weight excluding hydrogens is 248 g/mol. The van der Waals surface area contributed by atoms with E-state index in [2.05, 4.69) is 15.9 Å². The van der Waals surface area contributed by atoms with Crippen LogP contribution in [-0.2, 0) is 6.42 Å². The molecule has 3 nitrogen and oxygen atoms in total. The summed E-state index contributed by atoms with van der Waals surface area (Å²) >= 11 is 3.27. The van der Waals surface area contributed by atoms with Crippen molar-refractivity contribution in [3.05, 3.63) is 27.2 Å². The van der Waals surface area contributed by atoms with Crippen LogP contribution in [0.4, 0.5) is 0 Å². The Labute approximate surface area is 89.8 Å². The topological polar surface area (TPSA) is 46.5 Å². The Bertz CT molecular complexity index is 412. The summed E-state index contributed by atoms with van der Waals surface area (Å²) in [6, 6.07) is 1.97. The molecule has 74 valence electrons. The molecule has 1 aliphatic heterocycles. The van der Waals surface area contributed by atoms with Crippen molar-refractivity contribution < 1.29 is 14.6 Å². The number of fused-ring (bicyclic) bond motifs is 1. The molecule has 0 radical (unpaired) electrons. The van der Waals surface area contributed by atoms with Crippen LogP contribution in [0.2, 0.25) is 0 Å². The molecule has 1 aromatic carbocycles. The number of carboxylic acids is 1. The van der Waals surface area contributed by atoms with Crippen LogP contribution < -0.4 is 4.74 Å². The van der Waals surface area contributed by atoms with E-state index in [0.717, 1.165) is 17.5 Å². The Morgan fingerprint density at radius 1 is 1.64 bits per heavy atom. The SMILES string of the molecule is Cc1cc2c(c(C(=O)O)c1Br)OCC2. The van der Waals surface area contributed by atoms with E-state index in [4.69, 9.17) is 9.84 Å². The monoisotopic (exact) mass is 256 g/mol. The van der Waals surface area contributed by atoms with Gasteiger partial charge in [-0.25, -0.2) is 4.79 Å². The zero-order valence-electron chi connectivity index (χ0n) is 7.63.